The molecule has 1 unspecified atom stereocenters. The van der Waals surface area contributed by atoms with Gasteiger partial charge in [-0.3, -0.25) is 14.3 Å². The molecule has 11 heteroatoms. The quantitative estimate of drug-likeness (QED) is 0.389. The molecule has 0 radical (unpaired) electrons. The van der Waals surface area contributed by atoms with Gasteiger partial charge in [0.1, 0.15) is 0 Å². The van der Waals surface area contributed by atoms with E-state index in [1.54, 1.807) is 36.4 Å². The van der Waals surface area contributed by atoms with Crippen LogP contribution in [0.15, 0.2) is 58.6 Å². The summed E-state index contributed by atoms with van der Waals surface area (Å²) in [5, 5.41) is 12.6. The number of hydrogen-bond acceptors (Lipinski definition) is 6. The van der Waals surface area contributed by atoms with Crippen molar-refractivity contribution in [2.75, 3.05) is 25.2 Å². The maximum Gasteiger partial charge on any atom is 0.288 e. The monoisotopic (exact) mass is 497 g/mol. The molecule has 3 rings (SSSR count). The van der Waals surface area contributed by atoms with Gasteiger partial charge >= 0.3 is 0 Å². The Hall–Kier alpha value is -2.14. The van der Waals surface area contributed by atoms with Crippen LogP contribution in [0.25, 0.3) is 5.69 Å². The number of rotatable bonds is 9. The van der Waals surface area contributed by atoms with Crippen molar-refractivity contribution >= 4 is 46.7 Å². The molecular formula is C21H22ClF2N5OS2. The summed E-state index contributed by atoms with van der Waals surface area (Å²) in [5.41, 5.74) is 1.38. The minimum Gasteiger partial charge on any atom is -0.325 e. The van der Waals surface area contributed by atoms with Gasteiger partial charge in [-0.2, -0.15) is 8.78 Å². The first kappa shape index (κ1) is 24.5. The number of carbonyl (C=O) groups excluding carboxylic acids is 1. The topological polar surface area (TPSA) is 63.1 Å². The Morgan fingerprint density at radius 3 is 2.38 bits per heavy atom. The highest BCUT2D eigenvalue weighted by molar-refractivity contribution is 8.00. The van der Waals surface area contributed by atoms with Crippen LogP contribution in [0.4, 0.5) is 14.5 Å². The zero-order valence-corrected chi connectivity index (χ0v) is 20.0. The van der Waals surface area contributed by atoms with E-state index in [1.165, 1.54) is 11.8 Å². The highest BCUT2D eigenvalue weighted by atomic mass is 35.5. The van der Waals surface area contributed by atoms with Gasteiger partial charge in [0, 0.05) is 21.3 Å². The molecule has 1 aromatic heterocycles. The third-order valence-electron chi connectivity index (χ3n) is 4.59. The first-order valence-electron chi connectivity index (χ1n) is 9.60. The van der Waals surface area contributed by atoms with E-state index in [-0.39, 0.29) is 17.7 Å². The molecule has 1 amide bonds. The largest absolute Gasteiger partial charge is 0.325 e. The second-order valence-electron chi connectivity index (χ2n) is 7.03. The number of amides is 1. The molecule has 0 aliphatic carbocycles. The molecule has 6 nitrogen and oxygen atoms in total. The zero-order valence-electron chi connectivity index (χ0n) is 17.6. The smallest absolute Gasteiger partial charge is 0.288 e. The molecular weight excluding hydrogens is 476 g/mol. The Morgan fingerprint density at radius 2 is 1.78 bits per heavy atom. The predicted octanol–water partition coefficient (Wildman–Crippen LogP) is 5.59. The van der Waals surface area contributed by atoms with E-state index >= 15 is 0 Å². The summed E-state index contributed by atoms with van der Waals surface area (Å²) in [5.74, 6) is -1.87. The Morgan fingerprint density at radius 1 is 1.12 bits per heavy atom. The summed E-state index contributed by atoms with van der Waals surface area (Å²) in [7, 11) is 3.91. The van der Waals surface area contributed by atoms with Crippen LogP contribution in [0.2, 0.25) is 5.02 Å². The third kappa shape index (κ3) is 6.44. The number of hydrogen-bond donors (Lipinski definition) is 1. The molecule has 0 bridgehead atoms. The van der Waals surface area contributed by atoms with E-state index in [0.29, 0.717) is 32.5 Å². The summed E-state index contributed by atoms with van der Waals surface area (Å²) >= 11 is 7.75. The standard InChI is InChI=1S/C21H22ClF2N5OS2/c1-13(28(2)3)19-26-27-21(29(19)16-8-4-14(22)5-9-16)31-12-18(30)25-15-6-10-17(11-7-15)32-20(23)24/h4-11,13,20H,12H2,1-3H3,(H,25,30). The summed E-state index contributed by atoms with van der Waals surface area (Å²) in [6.07, 6.45) is 0. The maximum atomic E-state index is 12.4. The second kappa shape index (κ2) is 11.1. The van der Waals surface area contributed by atoms with Gasteiger partial charge in [-0.05, 0) is 69.6 Å². The van der Waals surface area contributed by atoms with Crippen molar-refractivity contribution in [2.45, 2.75) is 28.8 Å². The highest BCUT2D eigenvalue weighted by Crippen LogP contribution is 2.28. The SMILES string of the molecule is CC(c1nnc(SCC(=O)Nc2ccc(SC(F)F)cc2)n1-c1ccc(Cl)cc1)N(C)C. The number of nitrogens with one attached hydrogen (secondary N) is 1. The Kier molecular flexibility index (Phi) is 8.52. The summed E-state index contributed by atoms with van der Waals surface area (Å²) in [6.45, 7) is 2.02. The fourth-order valence-electron chi connectivity index (χ4n) is 2.76. The first-order valence-corrected chi connectivity index (χ1v) is 11.8. The van der Waals surface area contributed by atoms with Crippen LogP contribution in [-0.2, 0) is 4.79 Å². The van der Waals surface area contributed by atoms with Crippen molar-refractivity contribution in [1.82, 2.24) is 19.7 Å². The fraction of sp³-hybridized carbons (Fsp3) is 0.286. The lowest BCUT2D eigenvalue weighted by Gasteiger charge is -2.20. The molecule has 0 spiro atoms. The van der Waals surface area contributed by atoms with Crippen molar-refractivity contribution in [3.8, 4) is 5.69 Å². The molecule has 1 N–H and O–H groups in total. The van der Waals surface area contributed by atoms with Crippen LogP contribution < -0.4 is 5.32 Å². The summed E-state index contributed by atoms with van der Waals surface area (Å²) in [4.78, 5) is 14.9. The van der Waals surface area contributed by atoms with E-state index in [1.807, 2.05) is 42.6 Å². The Labute approximate surface area is 198 Å². The lowest BCUT2D eigenvalue weighted by atomic mass is 10.2. The maximum absolute atomic E-state index is 12.4. The molecule has 2 aromatic carbocycles. The number of benzene rings is 2. The number of aromatic nitrogens is 3. The number of nitrogens with zero attached hydrogens (tertiary/aromatic N) is 4. The summed E-state index contributed by atoms with van der Waals surface area (Å²) < 4.78 is 26.8. The van der Waals surface area contributed by atoms with Gasteiger partial charge in [0.15, 0.2) is 11.0 Å². The molecule has 170 valence electrons. The highest BCUT2D eigenvalue weighted by Gasteiger charge is 2.21. The van der Waals surface area contributed by atoms with E-state index in [4.69, 9.17) is 11.6 Å². The van der Waals surface area contributed by atoms with Gasteiger partial charge in [-0.15, -0.1) is 10.2 Å². The average Bonchev–Trinajstić information content (AvgIpc) is 3.17. The Bertz CT molecular complexity index is 1050. The predicted molar refractivity (Wildman–Crippen MR) is 126 cm³/mol. The number of carbonyl (C=O) groups is 1. The van der Waals surface area contributed by atoms with Crippen LogP contribution >= 0.6 is 35.1 Å². The van der Waals surface area contributed by atoms with Gasteiger partial charge in [0.25, 0.3) is 5.76 Å². The molecule has 1 atom stereocenters. The lowest BCUT2D eigenvalue weighted by molar-refractivity contribution is -0.113. The number of thioether (sulfide) groups is 2. The molecule has 0 saturated carbocycles. The van der Waals surface area contributed by atoms with Gasteiger partial charge in [-0.1, -0.05) is 35.1 Å². The first-order chi connectivity index (χ1) is 15.2. The minimum atomic E-state index is -2.48. The van der Waals surface area contributed by atoms with E-state index in [0.717, 1.165) is 11.5 Å². The van der Waals surface area contributed by atoms with Gasteiger partial charge in [0.2, 0.25) is 5.91 Å². The average molecular weight is 498 g/mol. The van der Waals surface area contributed by atoms with Crippen molar-refractivity contribution in [3.63, 3.8) is 0 Å². The van der Waals surface area contributed by atoms with Gasteiger partial charge in [0.05, 0.1) is 11.8 Å². The van der Waals surface area contributed by atoms with E-state index in [9.17, 15) is 13.6 Å². The van der Waals surface area contributed by atoms with Crippen LogP contribution in [0, 0.1) is 0 Å². The molecule has 3 aromatic rings. The van der Waals surface area contributed by atoms with Crippen molar-refractivity contribution in [3.05, 3.63) is 59.4 Å². The summed E-state index contributed by atoms with van der Waals surface area (Å²) in [6, 6.07) is 13.6. The number of alkyl halides is 2. The van der Waals surface area contributed by atoms with Gasteiger partial charge in [-0.25, -0.2) is 0 Å². The number of anilines is 1. The van der Waals surface area contributed by atoms with Crippen molar-refractivity contribution in [2.24, 2.45) is 0 Å². The normalized spacial score (nSPS) is 12.4. The molecule has 0 aliphatic rings. The third-order valence-corrected chi connectivity index (χ3v) is 6.49. The van der Waals surface area contributed by atoms with E-state index in [2.05, 4.69) is 15.5 Å². The van der Waals surface area contributed by atoms with Gasteiger partial charge < -0.3 is 5.32 Å². The van der Waals surface area contributed by atoms with Crippen LogP contribution in [-0.4, -0.2) is 51.2 Å². The van der Waals surface area contributed by atoms with Crippen LogP contribution in [0.1, 0.15) is 18.8 Å². The molecule has 0 aliphatic heterocycles. The minimum absolute atomic E-state index is 0.00835. The zero-order chi connectivity index (χ0) is 23.3. The fourth-order valence-corrected chi connectivity index (χ4v) is 4.14. The molecule has 0 fully saturated rings. The molecule has 32 heavy (non-hydrogen) atoms. The Balaban J connectivity index is 1.72. The van der Waals surface area contributed by atoms with Crippen LogP contribution in [0.3, 0.4) is 0 Å². The lowest BCUT2D eigenvalue weighted by Crippen LogP contribution is -2.21. The second-order valence-corrected chi connectivity index (χ2v) is 9.47. The van der Waals surface area contributed by atoms with Crippen LogP contribution in [0.5, 0.6) is 0 Å². The number of halogens is 3. The van der Waals surface area contributed by atoms with E-state index < -0.39 is 5.76 Å². The van der Waals surface area contributed by atoms with Crippen molar-refractivity contribution in [1.29, 1.82) is 0 Å². The van der Waals surface area contributed by atoms with Crippen molar-refractivity contribution < 1.29 is 13.6 Å². The molecule has 1 heterocycles. The molecule has 0 saturated heterocycles.